The van der Waals surface area contributed by atoms with Gasteiger partial charge in [0, 0.05) is 59.4 Å². The Morgan fingerprint density at radius 2 is 0.817 bits per heavy atom. The molecule has 0 radical (unpaired) electrons. The van der Waals surface area contributed by atoms with Crippen LogP contribution >= 0.6 is 0 Å². The summed E-state index contributed by atoms with van der Waals surface area (Å²) in [5, 5.41) is 38.0. The summed E-state index contributed by atoms with van der Waals surface area (Å²) < 4.78 is 0. The van der Waals surface area contributed by atoms with E-state index in [0.29, 0.717) is 11.5 Å². The van der Waals surface area contributed by atoms with Gasteiger partial charge in [-0.25, -0.2) is 0 Å². The van der Waals surface area contributed by atoms with Crippen LogP contribution in [0.3, 0.4) is 0 Å². The zero-order chi connectivity index (χ0) is 43.6. The minimum absolute atomic E-state index is 0. The molecule has 8 nitrogen and oxygen atoms in total. The van der Waals surface area contributed by atoms with Crippen molar-refractivity contribution in [2.45, 2.75) is 143 Å². The third-order valence-electron chi connectivity index (χ3n) is 10.8. The van der Waals surface area contributed by atoms with Crippen LogP contribution in [0.1, 0.15) is 153 Å². The summed E-state index contributed by atoms with van der Waals surface area (Å²) in [6.07, 6.45) is 7.81. The second-order valence-corrected chi connectivity index (χ2v) is 18.4. The number of aliphatic imine (C=N–C) groups is 2. The normalized spacial score (nSPS) is 15.7. The van der Waals surface area contributed by atoms with Gasteiger partial charge in [-0.2, -0.15) is 0 Å². The van der Waals surface area contributed by atoms with Gasteiger partial charge in [-0.3, -0.25) is 19.6 Å². The third kappa shape index (κ3) is 14.7. The monoisotopic (exact) mass is 908 g/mol. The molecule has 1 aliphatic rings. The van der Waals surface area contributed by atoms with Crippen molar-refractivity contribution in [1.29, 1.82) is 0 Å². The number of carboxylic acid groups (broad SMARTS) is 2. The first kappa shape index (κ1) is 53.8. The second kappa shape index (κ2) is 22.6. The van der Waals surface area contributed by atoms with E-state index < -0.39 is 11.9 Å². The van der Waals surface area contributed by atoms with Gasteiger partial charge in [0.1, 0.15) is 11.5 Å². The van der Waals surface area contributed by atoms with Crippen molar-refractivity contribution in [2.24, 2.45) is 9.98 Å². The molecule has 60 heavy (non-hydrogen) atoms. The molecule has 2 atom stereocenters. The molecule has 5 rings (SSSR count). The number of phenolic OH excluding ortho intramolecular Hbond substituents is 2. The number of nitrogens with zero attached hydrogens (tertiary/aromatic N) is 2. The SMILES string of the molecule is CC(=O)O.CC(=O)O.CC(C)(C)c1cc(C(C)(C)c2ccccc2)cc(C=NC2CCCCC2N=Cc2cc(C(C)(C)c3ccccc3)cc(C(C)(C)C)c2O)c1O.[Co+3].[Co+3]. The summed E-state index contributed by atoms with van der Waals surface area (Å²) in [6.45, 7) is 24.0. The average molecular weight is 909 g/mol. The Kier molecular flexibility index (Phi) is 20.2. The van der Waals surface area contributed by atoms with Gasteiger partial charge in [0.2, 0.25) is 0 Å². The minimum atomic E-state index is -0.833. The molecule has 2 unspecified atom stereocenters. The van der Waals surface area contributed by atoms with E-state index in [2.05, 4.69) is 142 Å². The van der Waals surface area contributed by atoms with Crippen molar-refractivity contribution in [2.75, 3.05) is 0 Å². The van der Waals surface area contributed by atoms with Crippen LogP contribution in [-0.2, 0) is 64.8 Å². The van der Waals surface area contributed by atoms with Crippen molar-refractivity contribution in [1.82, 2.24) is 0 Å². The van der Waals surface area contributed by atoms with Crippen LogP contribution in [-0.4, -0.2) is 56.9 Å². The summed E-state index contributed by atoms with van der Waals surface area (Å²) in [4.78, 5) is 28.3. The first-order valence-corrected chi connectivity index (χ1v) is 20.2. The molecule has 4 N–H and O–H groups in total. The van der Waals surface area contributed by atoms with Gasteiger partial charge in [-0.15, -0.1) is 0 Å². The fourth-order valence-corrected chi connectivity index (χ4v) is 7.21. The summed E-state index contributed by atoms with van der Waals surface area (Å²) in [7, 11) is 0. The van der Waals surface area contributed by atoms with Crippen molar-refractivity contribution < 1.29 is 63.6 Å². The van der Waals surface area contributed by atoms with E-state index in [-0.39, 0.29) is 67.3 Å². The smallest absolute Gasteiger partial charge is 0.507 e. The van der Waals surface area contributed by atoms with E-state index >= 15 is 0 Å². The van der Waals surface area contributed by atoms with Crippen LogP contribution in [0, 0.1) is 0 Å². The molecular weight excluding hydrogens is 842 g/mol. The Morgan fingerprint density at radius 3 is 1.08 bits per heavy atom. The number of phenols is 2. The first-order chi connectivity index (χ1) is 26.9. The molecule has 0 bridgehead atoms. The quantitative estimate of drug-likeness (QED) is 0.130. The van der Waals surface area contributed by atoms with Crippen LogP contribution in [0.5, 0.6) is 11.5 Å². The molecule has 4 aromatic rings. The number of benzene rings is 4. The van der Waals surface area contributed by atoms with Crippen molar-refractivity contribution in [3.05, 3.63) is 129 Å². The number of hydrogen-bond donors (Lipinski definition) is 4. The first-order valence-electron chi connectivity index (χ1n) is 20.2. The maximum Gasteiger partial charge on any atom is 3.00 e. The molecular formula is C50H66Co2N2O6+6. The molecule has 0 heterocycles. The van der Waals surface area contributed by atoms with Gasteiger partial charge in [0.15, 0.2) is 0 Å². The van der Waals surface area contributed by atoms with Crippen molar-refractivity contribution in [3.63, 3.8) is 0 Å². The predicted molar refractivity (Wildman–Crippen MR) is 239 cm³/mol. The molecule has 0 aromatic heterocycles. The predicted octanol–water partition coefficient (Wildman–Crippen LogP) is 11.4. The minimum Gasteiger partial charge on any atom is -0.507 e. The number of aromatic hydroxyl groups is 2. The van der Waals surface area contributed by atoms with E-state index in [9.17, 15) is 10.2 Å². The molecule has 324 valence electrons. The summed E-state index contributed by atoms with van der Waals surface area (Å²) in [6, 6.07) is 29.6. The third-order valence-corrected chi connectivity index (χ3v) is 10.8. The molecule has 0 spiro atoms. The van der Waals surface area contributed by atoms with Gasteiger partial charge >= 0.3 is 33.6 Å². The average Bonchev–Trinajstić information content (AvgIpc) is 3.13. The number of hydrogen-bond acceptors (Lipinski definition) is 6. The maximum atomic E-state index is 11.6. The van der Waals surface area contributed by atoms with Gasteiger partial charge < -0.3 is 20.4 Å². The van der Waals surface area contributed by atoms with Crippen LogP contribution in [0.25, 0.3) is 0 Å². The Hall–Kier alpha value is -4.23. The van der Waals surface area contributed by atoms with E-state index in [1.54, 1.807) is 0 Å². The zero-order valence-electron chi connectivity index (χ0n) is 37.4. The molecule has 1 aliphatic carbocycles. The van der Waals surface area contributed by atoms with Gasteiger partial charge in [-0.05, 0) is 58.1 Å². The summed E-state index contributed by atoms with van der Waals surface area (Å²) in [5.41, 5.74) is 7.07. The van der Waals surface area contributed by atoms with Crippen LogP contribution in [0.4, 0.5) is 0 Å². The standard InChI is InChI=1S/C46H58N2O2.2C2H4O2.2Co/c1-43(2,3)37-27-35(45(7,8)33-19-13-11-14-20-33)25-31(41(37)49)29-47-39-23-17-18-24-40(39)48-30-32-26-36(28-38(42(32)50)44(4,5)6)46(9,10)34-21-15-12-16-22-34;2*1-2(3)4;;/h11-16,19-22,25-30,39-40,49-50H,17-18,23-24H2,1-10H3;2*1H3,(H,3,4);;/q;;;2*+3. The van der Waals surface area contributed by atoms with E-state index in [1.165, 1.54) is 11.1 Å². The van der Waals surface area contributed by atoms with Crippen LogP contribution in [0.15, 0.2) is 94.9 Å². The summed E-state index contributed by atoms with van der Waals surface area (Å²) in [5.74, 6) is -1.08. The number of aliphatic carboxylic acids is 2. The number of carboxylic acids is 2. The Balaban J connectivity index is 0.00000165. The molecule has 0 amide bonds. The Labute approximate surface area is 379 Å². The zero-order valence-corrected chi connectivity index (χ0v) is 39.5. The number of rotatable bonds is 8. The van der Waals surface area contributed by atoms with E-state index in [4.69, 9.17) is 29.8 Å². The van der Waals surface area contributed by atoms with Crippen LogP contribution in [0.2, 0.25) is 0 Å². The van der Waals surface area contributed by atoms with E-state index in [0.717, 1.165) is 72.9 Å². The van der Waals surface area contributed by atoms with Crippen LogP contribution < -0.4 is 0 Å². The Morgan fingerprint density at radius 1 is 0.533 bits per heavy atom. The molecule has 0 aliphatic heterocycles. The fourth-order valence-electron chi connectivity index (χ4n) is 7.21. The van der Waals surface area contributed by atoms with E-state index in [1.807, 2.05) is 24.6 Å². The molecule has 1 fully saturated rings. The largest absolute Gasteiger partial charge is 3.00 e. The topological polar surface area (TPSA) is 140 Å². The number of carbonyl (C=O) groups is 2. The van der Waals surface area contributed by atoms with Gasteiger partial charge in [-0.1, -0.05) is 155 Å². The fraction of sp³-hybridized carbons (Fsp3) is 0.440. The van der Waals surface area contributed by atoms with Crippen molar-refractivity contribution in [3.8, 4) is 11.5 Å². The van der Waals surface area contributed by atoms with Gasteiger partial charge in [0.05, 0.1) is 12.1 Å². The second-order valence-electron chi connectivity index (χ2n) is 18.4. The molecule has 10 heteroatoms. The maximum absolute atomic E-state index is 11.6. The Bertz CT molecular complexity index is 1910. The molecule has 4 aromatic carbocycles. The summed E-state index contributed by atoms with van der Waals surface area (Å²) >= 11 is 0. The molecule has 0 saturated heterocycles. The molecule has 1 saturated carbocycles. The van der Waals surface area contributed by atoms with Gasteiger partial charge in [0.25, 0.3) is 11.9 Å². The van der Waals surface area contributed by atoms with Crippen molar-refractivity contribution >= 4 is 24.4 Å².